The van der Waals surface area contributed by atoms with Crippen LogP contribution in [-0.2, 0) is 6.42 Å². The van der Waals surface area contributed by atoms with Crippen LogP contribution in [0.1, 0.15) is 25.6 Å². The number of piperidine rings is 1. The molecule has 1 aliphatic heterocycles. The molecule has 1 aromatic heterocycles. The van der Waals surface area contributed by atoms with Crippen LogP contribution in [0.4, 0.5) is 11.6 Å². The Balaban J connectivity index is 2.02. The Morgan fingerprint density at radius 1 is 1.40 bits per heavy atom. The molecule has 3 N–H and O–H groups in total. The maximum Gasteiger partial charge on any atom is 0.145 e. The Morgan fingerprint density at radius 3 is 2.70 bits per heavy atom. The standard InChI is InChI=1S/C14H26N6/c1-4-12-16-13(18-15)9-14(17-12)20(3)10-11-5-7-19(2)8-6-11/h9,11H,4-8,10,15H2,1-3H3,(H,16,17,18). The molecule has 6 nitrogen and oxygen atoms in total. The van der Waals surface area contributed by atoms with E-state index in [2.05, 4.69) is 46.2 Å². The first kappa shape index (κ1) is 15.0. The van der Waals surface area contributed by atoms with Gasteiger partial charge in [0.25, 0.3) is 0 Å². The molecule has 20 heavy (non-hydrogen) atoms. The van der Waals surface area contributed by atoms with E-state index in [1.54, 1.807) is 0 Å². The van der Waals surface area contributed by atoms with Gasteiger partial charge in [0, 0.05) is 26.1 Å². The van der Waals surface area contributed by atoms with E-state index >= 15 is 0 Å². The summed E-state index contributed by atoms with van der Waals surface area (Å²) in [5, 5.41) is 0. The molecule has 2 rings (SSSR count). The number of likely N-dealkylation sites (tertiary alicyclic amines) is 1. The van der Waals surface area contributed by atoms with E-state index in [0.29, 0.717) is 5.82 Å². The Morgan fingerprint density at radius 2 is 2.10 bits per heavy atom. The SMILES string of the molecule is CCc1nc(NN)cc(N(C)CC2CCN(C)CC2)n1. The minimum Gasteiger partial charge on any atom is -0.359 e. The highest BCUT2D eigenvalue weighted by Gasteiger charge is 2.19. The van der Waals surface area contributed by atoms with Crippen LogP contribution in [0.3, 0.4) is 0 Å². The van der Waals surface area contributed by atoms with Crippen molar-refractivity contribution in [3.8, 4) is 0 Å². The van der Waals surface area contributed by atoms with E-state index in [9.17, 15) is 0 Å². The molecule has 0 spiro atoms. The fraction of sp³-hybridized carbons (Fsp3) is 0.714. The van der Waals surface area contributed by atoms with E-state index in [4.69, 9.17) is 5.84 Å². The van der Waals surface area contributed by atoms with Crippen LogP contribution >= 0.6 is 0 Å². The summed E-state index contributed by atoms with van der Waals surface area (Å²) in [6.45, 7) is 5.48. The number of hydrazine groups is 1. The quantitative estimate of drug-likeness (QED) is 0.621. The van der Waals surface area contributed by atoms with E-state index in [0.717, 1.165) is 30.5 Å². The summed E-state index contributed by atoms with van der Waals surface area (Å²) in [5.41, 5.74) is 2.62. The molecule has 1 fully saturated rings. The van der Waals surface area contributed by atoms with Crippen LogP contribution in [0, 0.1) is 5.92 Å². The largest absolute Gasteiger partial charge is 0.359 e. The minimum atomic E-state index is 0.682. The number of rotatable bonds is 5. The molecular formula is C14H26N6. The third kappa shape index (κ3) is 3.80. The maximum atomic E-state index is 5.48. The van der Waals surface area contributed by atoms with Gasteiger partial charge in [-0.1, -0.05) is 6.92 Å². The Bertz CT molecular complexity index is 405. The molecule has 112 valence electrons. The number of nitrogens with two attached hydrogens (primary N) is 1. The summed E-state index contributed by atoms with van der Waals surface area (Å²) in [4.78, 5) is 13.5. The molecule has 0 amide bonds. The second-order valence-corrected chi connectivity index (χ2v) is 5.65. The predicted octanol–water partition coefficient (Wildman–Crippen LogP) is 1.10. The van der Waals surface area contributed by atoms with Gasteiger partial charge in [0.1, 0.15) is 17.5 Å². The molecule has 1 aromatic rings. The second-order valence-electron chi connectivity index (χ2n) is 5.65. The molecule has 0 saturated carbocycles. The Hall–Kier alpha value is -1.40. The first-order valence-electron chi connectivity index (χ1n) is 7.36. The first-order chi connectivity index (χ1) is 9.62. The number of aromatic nitrogens is 2. The number of hydrogen-bond donors (Lipinski definition) is 2. The first-order valence-corrected chi connectivity index (χ1v) is 7.36. The number of nitrogens with zero attached hydrogens (tertiary/aromatic N) is 4. The van der Waals surface area contributed by atoms with Gasteiger partial charge in [0.05, 0.1) is 0 Å². The second kappa shape index (κ2) is 6.85. The number of nitrogen functional groups attached to an aromatic ring is 1. The zero-order valence-corrected chi connectivity index (χ0v) is 12.8. The zero-order valence-electron chi connectivity index (χ0n) is 12.8. The number of hydrogen-bond acceptors (Lipinski definition) is 6. The topological polar surface area (TPSA) is 70.3 Å². The third-order valence-electron chi connectivity index (χ3n) is 3.98. The van der Waals surface area contributed by atoms with Gasteiger partial charge in [-0.05, 0) is 38.9 Å². The van der Waals surface area contributed by atoms with Crippen LogP contribution in [0.2, 0.25) is 0 Å². The van der Waals surface area contributed by atoms with Gasteiger partial charge in [-0.25, -0.2) is 15.8 Å². The van der Waals surface area contributed by atoms with Crippen LogP contribution in [0.5, 0.6) is 0 Å². The van der Waals surface area contributed by atoms with Crippen molar-refractivity contribution in [2.75, 3.05) is 44.1 Å². The molecular weight excluding hydrogens is 252 g/mol. The lowest BCUT2D eigenvalue weighted by Gasteiger charge is -2.32. The van der Waals surface area contributed by atoms with Gasteiger partial charge >= 0.3 is 0 Å². The number of anilines is 2. The maximum absolute atomic E-state index is 5.48. The predicted molar refractivity (Wildman–Crippen MR) is 82.7 cm³/mol. The normalized spacial score (nSPS) is 17.2. The molecule has 0 aliphatic carbocycles. The van der Waals surface area contributed by atoms with Crippen LogP contribution < -0.4 is 16.2 Å². The highest BCUT2D eigenvalue weighted by molar-refractivity contribution is 5.48. The monoisotopic (exact) mass is 278 g/mol. The smallest absolute Gasteiger partial charge is 0.145 e. The molecule has 6 heteroatoms. The molecule has 1 aliphatic rings. The summed E-state index contributed by atoms with van der Waals surface area (Å²) in [5.74, 6) is 8.67. The van der Waals surface area contributed by atoms with Gasteiger partial charge in [0.2, 0.25) is 0 Å². The molecule has 2 heterocycles. The molecule has 0 atom stereocenters. The lowest BCUT2D eigenvalue weighted by atomic mass is 9.97. The van der Waals surface area contributed by atoms with Crippen LogP contribution in [0.25, 0.3) is 0 Å². The average Bonchev–Trinajstić information content (AvgIpc) is 2.48. The van der Waals surface area contributed by atoms with E-state index in [1.807, 2.05) is 6.07 Å². The van der Waals surface area contributed by atoms with Crippen molar-refractivity contribution in [2.24, 2.45) is 11.8 Å². The van der Waals surface area contributed by atoms with Crippen LogP contribution in [0.15, 0.2) is 6.07 Å². The van der Waals surface area contributed by atoms with Gasteiger partial charge < -0.3 is 15.2 Å². The van der Waals surface area contributed by atoms with Gasteiger partial charge in [-0.2, -0.15) is 0 Å². The van der Waals surface area contributed by atoms with Crippen molar-refractivity contribution < 1.29 is 0 Å². The highest BCUT2D eigenvalue weighted by Crippen LogP contribution is 2.21. The Labute approximate surface area is 121 Å². The lowest BCUT2D eigenvalue weighted by molar-refractivity contribution is 0.222. The summed E-state index contributed by atoms with van der Waals surface area (Å²) in [7, 11) is 4.29. The van der Waals surface area contributed by atoms with Crippen molar-refractivity contribution >= 4 is 11.6 Å². The fourth-order valence-corrected chi connectivity index (χ4v) is 2.64. The van der Waals surface area contributed by atoms with Gasteiger partial charge in [-0.3, -0.25) is 0 Å². The highest BCUT2D eigenvalue weighted by atomic mass is 15.3. The summed E-state index contributed by atoms with van der Waals surface area (Å²) < 4.78 is 0. The average molecular weight is 278 g/mol. The van der Waals surface area contributed by atoms with Crippen LogP contribution in [-0.4, -0.2) is 48.6 Å². The van der Waals surface area contributed by atoms with Gasteiger partial charge in [-0.15, -0.1) is 0 Å². The fourth-order valence-electron chi connectivity index (χ4n) is 2.64. The number of aryl methyl sites for hydroxylation is 1. The Kier molecular flexibility index (Phi) is 5.14. The summed E-state index contributed by atoms with van der Waals surface area (Å²) >= 11 is 0. The van der Waals surface area contributed by atoms with E-state index < -0.39 is 0 Å². The van der Waals surface area contributed by atoms with Gasteiger partial charge in [0.15, 0.2) is 0 Å². The number of nitrogens with one attached hydrogen (secondary N) is 1. The van der Waals surface area contributed by atoms with E-state index in [1.165, 1.54) is 25.9 Å². The van der Waals surface area contributed by atoms with Crippen molar-refractivity contribution in [1.82, 2.24) is 14.9 Å². The molecule has 0 unspecified atom stereocenters. The van der Waals surface area contributed by atoms with Crippen molar-refractivity contribution in [3.05, 3.63) is 11.9 Å². The molecule has 1 saturated heterocycles. The minimum absolute atomic E-state index is 0.682. The van der Waals surface area contributed by atoms with Crippen molar-refractivity contribution in [1.29, 1.82) is 0 Å². The summed E-state index contributed by atoms with van der Waals surface area (Å²) in [6.07, 6.45) is 3.33. The zero-order chi connectivity index (χ0) is 14.5. The van der Waals surface area contributed by atoms with Crippen molar-refractivity contribution in [2.45, 2.75) is 26.2 Å². The molecule has 0 radical (unpaired) electrons. The van der Waals surface area contributed by atoms with E-state index in [-0.39, 0.29) is 0 Å². The lowest BCUT2D eigenvalue weighted by Crippen LogP contribution is -2.36. The third-order valence-corrected chi connectivity index (χ3v) is 3.98. The van der Waals surface area contributed by atoms with Crippen molar-refractivity contribution in [3.63, 3.8) is 0 Å². The molecule has 0 aromatic carbocycles. The molecule has 0 bridgehead atoms. The summed E-state index contributed by atoms with van der Waals surface area (Å²) in [6, 6.07) is 1.91.